The van der Waals surface area contributed by atoms with Crippen molar-refractivity contribution in [3.05, 3.63) is 72.7 Å². The Morgan fingerprint density at radius 3 is 2.66 bits per heavy atom. The van der Waals surface area contributed by atoms with E-state index < -0.39 is 5.91 Å². The number of amides is 2. The molecule has 1 fully saturated rings. The fraction of sp³-hybridized carbons (Fsp3) is 0.0909. The van der Waals surface area contributed by atoms with Crippen molar-refractivity contribution in [2.45, 2.75) is 6.54 Å². The number of nitrogens with zero attached hydrogens (tertiary/aromatic N) is 1. The Morgan fingerprint density at radius 1 is 1.06 bits per heavy atom. The molecule has 0 aliphatic carbocycles. The number of rotatable bonds is 4. The van der Waals surface area contributed by atoms with Gasteiger partial charge in [-0.25, -0.2) is 0 Å². The molecule has 2 aliphatic heterocycles. The molecule has 3 heterocycles. The Hall–Kier alpha value is -2.20. The van der Waals surface area contributed by atoms with Crippen molar-refractivity contribution in [2.75, 3.05) is 6.79 Å². The van der Waals surface area contributed by atoms with Crippen LogP contribution in [0.5, 0.6) is 11.5 Å². The number of imide groups is 1. The maximum absolute atomic E-state index is 12.9. The molecule has 3 aromatic rings. The van der Waals surface area contributed by atoms with Crippen LogP contribution in [0.1, 0.15) is 11.3 Å². The maximum Gasteiger partial charge on any atom is 0.293 e. The Labute approximate surface area is 208 Å². The second-order valence-corrected chi connectivity index (χ2v) is 10.1. The molecule has 10 heteroatoms. The molecule has 0 unspecified atom stereocenters. The van der Waals surface area contributed by atoms with Crippen molar-refractivity contribution in [3.63, 3.8) is 0 Å². The summed E-state index contributed by atoms with van der Waals surface area (Å²) < 4.78 is 18.3. The lowest BCUT2D eigenvalue weighted by molar-refractivity contribution is -0.123. The number of furan rings is 1. The number of carbonyl (C=O) groups is 2. The average Bonchev–Trinajstić information content (AvgIpc) is 3.47. The van der Waals surface area contributed by atoms with Gasteiger partial charge >= 0.3 is 0 Å². The van der Waals surface area contributed by atoms with Crippen LogP contribution in [0.4, 0.5) is 4.79 Å². The smallest absolute Gasteiger partial charge is 0.293 e. The average molecular weight is 598 g/mol. The van der Waals surface area contributed by atoms with Crippen LogP contribution in [0.2, 0.25) is 5.02 Å². The lowest BCUT2D eigenvalue weighted by Gasteiger charge is -2.14. The number of hydrogen-bond donors (Lipinski definition) is 0. The molecule has 1 saturated heterocycles. The van der Waals surface area contributed by atoms with Crippen LogP contribution in [-0.2, 0) is 11.3 Å². The van der Waals surface area contributed by atoms with Gasteiger partial charge in [-0.1, -0.05) is 43.5 Å². The predicted molar refractivity (Wildman–Crippen MR) is 129 cm³/mol. The van der Waals surface area contributed by atoms with E-state index in [1.54, 1.807) is 24.3 Å². The minimum Gasteiger partial charge on any atom is -0.457 e. The zero-order valence-electron chi connectivity index (χ0n) is 16.1. The van der Waals surface area contributed by atoms with Crippen molar-refractivity contribution >= 4 is 72.4 Å². The van der Waals surface area contributed by atoms with Crippen LogP contribution in [0, 0.1) is 0 Å². The van der Waals surface area contributed by atoms with Crippen molar-refractivity contribution in [2.24, 2.45) is 0 Å². The molecule has 0 bridgehead atoms. The van der Waals surface area contributed by atoms with Gasteiger partial charge in [-0.15, -0.1) is 0 Å². The standard InChI is InChI=1S/C22H12Br2ClNO5S/c23-12-1-3-15(24)14(6-12)17-4-2-13(31-17)7-20-21(27)26(22(28)32-20)9-11-5-18-19(8-16(11)25)30-10-29-18/h1-8H,9-10H2. The molecule has 0 N–H and O–H groups in total. The van der Waals surface area contributed by atoms with Crippen LogP contribution in [0.25, 0.3) is 17.4 Å². The summed E-state index contributed by atoms with van der Waals surface area (Å²) in [7, 11) is 0. The SMILES string of the molecule is O=C1SC(=Cc2ccc(-c3cc(Br)ccc3Br)o2)C(=O)N1Cc1cc2c(cc1Cl)OCO2. The highest BCUT2D eigenvalue weighted by Crippen LogP contribution is 2.40. The molecular weight excluding hydrogens is 586 g/mol. The summed E-state index contributed by atoms with van der Waals surface area (Å²) in [5.41, 5.74) is 1.46. The summed E-state index contributed by atoms with van der Waals surface area (Å²) in [6.45, 7) is 0.146. The first-order valence-electron chi connectivity index (χ1n) is 9.28. The minimum absolute atomic E-state index is 0.0336. The molecule has 2 aliphatic rings. The first-order valence-corrected chi connectivity index (χ1v) is 12.1. The normalized spacial score (nSPS) is 16.5. The number of fused-ring (bicyclic) bond motifs is 1. The second-order valence-electron chi connectivity index (χ2n) is 6.89. The highest BCUT2D eigenvalue weighted by atomic mass is 79.9. The first-order chi connectivity index (χ1) is 15.4. The summed E-state index contributed by atoms with van der Waals surface area (Å²) in [6, 6.07) is 12.6. The van der Waals surface area contributed by atoms with E-state index in [0.29, 0.717) is 33.6 Å². The summed E-state index contributed by atoms with van der Waals surface area (Å²) in [4.78, 5) is 26.9. The third-order valence-electron chi connectivity index (χ3n) is 4.84. The molecule has 162 valence electrons. The number of ether oxygens (including phenoxy) is 2. The molecule has 2 amide bonds. The lowest BCUT2D eigenvalue weighted by Crippen LogP contribution is -2.27. The minimum atomic E-state index is -0.407. The van der Waals surface area contributed by atoms with Crippen molar-refractivity contribution in [3.8, 4) is 22.8 Å². The van der Waals surface area contributed by atoms with Gasteiger partial charge in [0.25, 0.3) is 11.1 Å². The number of benzene rings is 2. The summed E-state index contributed by atoms with van der Waals surface area (Å²) in [5, 5.41) is 0.0176. The van der Waals surface area contributed by atoms with E-state index in [9.17, 15) is 9.59 Å². The number of carbonyl (C=O) groups excluding carboxylic acids is 2. The van der Waals surface area contributed by atoms with Crippen molar-refractivity contribution in [1.29, 1.82) is 0 Å². The number of halogens is 3. The number of thioether (sulfide) groups is 1. The van der Waals surface area contributed by atoms with E-state index in [4.69, 9.17) is 25.5 Å². The second kappa shape index (κ2) is 8.62. The van der Waals surface area contributed by atoms with Crippen LogP contribution >= 0.6 is 55.2 Å². The Morgan fingerprint density at radius 2 is 1.84 bits per heavy atom. The molecule has 0 atom stereocenters. The molecule has 5 rings (SSSR count). The van der Waals surface area contributed by atoms with Gasteiger partial charge in [0.1, 0.15) is 11.5 Å². The Kier molecular flexibility index (Phi) is 5.83. The third kappa shape index (κ3) is 4.10. The number of hydrogen-bond acceptors (Lipinski definition) is 6. The molecule has 1 aromatic heterocycles. The van der Waals surface area contributed by atoms with E-state index >= 15 is 0 Å². The highest BCUT2D eigenvalue weighted by Gasteiger charge is 2.36. The molecule has 0 spiro atoms. The lowest BCUT2D eigenvalue weighted by atomic mass is 10.2. The Balaban J connectivity index is 1.38. The molecule has 6 nitrogen and oxygen atoms in total. The van der Waals surface area contributed by atoms with Gasteiger partial charge in [0.2, 0.25) is 6.79 Å². The zero-order chi connectivity index (χ0) is 22.4. The molecular formula is C22H12Br2ClNO5S. The quantitative estimate of drug-likeness (QED) is 0.299. The summed E-state index contributed by atoms with van der Waals surface area (Å²) in [5.74, 6) is 1.77. The van der Waals surface area contributed by atoms with E-state index in [0.717, 1.165) is 31.2 Å². The fourth-order valence-corrected chi connectivity index (χ4v) is 5.11. The van der Waals surface area contributed by atoms with Gasteiger partial charge in [0.15, 0.2) is 11.5 Å². The maximum atomic E-state index is 12.9. The van der Waals surface area contributed by atoms with Gasteiger partial charge in [0, 0.05) is 31.7 Å². The van der Waals surface area contributed by atoms with E-state index in [1.807, 2.05) is 24.3 Å². The summed E-state index contributed by atoms with van der Waals surface area (Å²) in [6.07, 6.45) is 1.57. The van der Waals surface area contributed by atoms with Crippen molar-refractivity contribution in [1.82, 2.24) is 4.90 Å². The van der Waals surface area contributed by atoms with Gasteiger partial charge in [-0.05, 0) is 53.7 Å². The topological polar surface area (TPSA) is 69.0 Å². The monoisotopic (exact) mass is 595 g/mol. The zero-order valence-corrected chi connectivity index (χ0v) is 20.8. The first kappa shape index (κ1) is 21.6. The van der Waals surface area contributed by atoms with Gasteiger partial charge in [0.05, 0.1) is 11.4 Å². The highest BCUT2D eigenvalue weighted by molar-refractivity contribution is 9.11. The van der Waals surface area contributed by atoms with Crippen LogP contribution in [0.3, 0.4) is 0 Å². The molecule has 0 saturated carbocycles. The van der Waals surface area contributed by atoms with E-state index in [-0.39, 0.29) is 23.5 Å². The van der Waals surface area contributed by atoms with E-state index in [2.05, 4.69) is 31.9 Å². The third-order valence-corrected chi connectivity index (χ3v) is 7.28. The van der Waals surface area contributed by atoms with Crippen LogP contribution < -0.4 is 9.47 Å². The van der Waals surface area contributed by atoms with Crippen LogP contribution in [-0.4, -0.2) is 22.8 Å². The molecule has 2 aromatic carbocycles. The predicted octanol–water partition coefficient (Wildman–Crippen LogP) is 7.09. The van der Waals surface area contributed by atoms with E-state index in [1.165, 1.54) is 0 Å². The largest absolute Gasteiger partial charge is 0.457 e. The molecule has 0 radical (unpaired) electrons. The fourth-order valence-electron chi connectivity index (χ4n) is 3.28. The molecule has 32 heavy (non-hydrogen) atoms. The summed E-state index contributed by atoms with van der Waals surface area (Å²) >= 11 is 14.1. The van der Waals surface area contributed by atoms with Crippen molar-refractivity contribution < 1.29 is 23.5 Å². The van der Waals surface area contributed by atoms with Gasteiger partial charge < -0.3 is 13.9 Å². The van der Waals surface area contributed by atoms with Gasteiger partial charge in [-0.3, -0.25) is 14.5 Å². The van der Waals surface area contributed by atoms with Crippen LogP contribution in [0.15, 0.2) is 60.7 Å². The van der Waals surface area contributed by atoms with Gasteiger partial charge in [-0.2, -0.15) is 0 Å². The Bertz CT molecular complexity index is 1310.